The van der Waals surface area contributed by atoms with Crippen LogP contribution in [0, 0.1) is 0 Å². The van der Waals surface area contributed by atoms with Gasteiger partial charge in [0.1, 0.15) is 6.17 Å². The molecule has 2 atom stereocenters. The summed E-state index contributed by atoms with van der Waals surface area (Å²) in [6, 6.07) is -0.249. The Morgan fingerprint density at radius 1 is 0.909 bits per heavy atom. The van der Waals surface area contributed by atoms with Gasteiger partial charge in [0.2, 0.25) is 0 Å². The maximum Gasteiger partial charge on any atom is 0.323 e. The van der Waals surface area contributed by atoms with Crippen LogP contribution in [0.5, 0.6) is 0 Å². The van der Waals surface area contributed by atoms with Crippen molar-refractivity contribution in [3.63, 3.8) is 0 Å². The van der Waals surface area contributed by atoms with Crippen LogP contribution in [0.25, 0.3) is 0 Å². The molecule has 0 saturated carbocycles. The van der Waals surface area contributed by atoms with E-state index in [4.69, 9.17) is 0 Å². The van der Waals surface area contributed by atoms with Crippen molar-refractivity contribution in [2.45, 2.75) is 18.2 Å². The predicted molar refractivity (Wildman–Crippen MR) is 101 cm³/mol. The summed E-state index contributed by atoms with van der Waals surface area (Å²) in [4.78, 5) is 30.4. The highest BCUT2D eigenvalue weighted by Gasteiger charge is 2.65. The number of fused-ring (bicyclic) bond motifs is 1. The molecule has 126 valence electrons. The maximum absolute atomic E-state index is 12.8. The number of rotatable bonds is 8. The number of carbonyl (C=O) groups excluding carboxylic acids is 2. The predicted octanol–water partition coefficient (Wildman–Crippen LogP) is 0.881. The molecule has 0 aromatic rings. The summed E-state index contributed by atoms with van der Waals surface area (Å²) in [5, 5.41) is 2.95. The van der Waals surface area contributed by atoms with Gasteiger partial charge in [0, 0.05) is 43.3 Å². The molecule has 22 heavy (non-hydrogen) atoms. The zero-order valence-electron chi connectivity index (χ0n) is 12.2. The molecule has 0 aromatic heterocycles. The van der Waals surface area contributed by atoms with Gasteiger partial charge >= 0.3 is 12.1 Å². The quantitative estimate of drug-likeness (QED) is 0.405. The fraction of sp³-hybridized carbons (Fsp3) is 0.833. The van der Waals surface area contributed by atoms with E-state index >= 15 is 0 Å². The Hall–Kier alpha value is -0.0600. The zero-order valence-corrected chi connectivity index (χ0v) is 15.8. The normalized spacial score (nSPS) is 27.6. The number of urea groups is 2. The molecular formula is C12H22N4O2S4. The molecule has 2 fully saturated rings. The highest BCUT2D eigenvalue weighted by Crippen LogP contribution is 2.41. The number of hydrogen-bond donors (Lipinski definition) is 5. The molecule has 0 aromatic carbocycles. The topological polar surface area (TPSA) is 55.9 Å². The van der Waals surface area contributed by atoms with Gasteiger partial charge in [-0.1, -0.05) is 0 Å². The first-order valence-corrected chi connectivity index (χ1v) is 9.71. The molecule has 1 N–H and O–H groups in total. The molecule has 0 bridgehead atoms. The van der Waals surface area contributed by atoms with Crippen molar-refractivity contribution in [1.29, 1.82) is 0 Å². The second-order valence-electron chi connectivity index (χ2n) is 5.15. The van der Waals surface area contributed by atoms with Crippen LogP contribution >= 0.6 is 50.5 Å². The van der Waals surface area contributed by atoms with Gasteiger partial charge in [0.15, 0.2) is 5.66 Å². The van der Waals surface area contributed by atoms with Crippen molar-refractivity contribution in [3.05, 3.63) is 0 Å². The van der Waals surface area contributed by atoms with Crippen LogP contribution in [0.15, 0.2) is 0 Å². The summed E-state index contributed by atoms with van der Waals surface area (Å²) in [5.41, 5.74) is -0.718. The Morgan fingerprint density at radius 3 is 2.05 bits per heavy atom. The lowest BCUT2D eigenvalue weighted by Gasteiger charge is -2.42. The molecule has 2 saturated heterocycles. The third-order valence-corrected chi connectivity index (χ3v) is 4.96. The minimum atomic E-state index is -0.718. The summed E-state index contributed by atoms with van der Waals surface area (Å²) in [7, 11) is 0. The number of thiol groups is 4. The second kappa shape index (κ2) is 7.67. The Morgan fingerprint density at radius 2 is 1.50 bits per heavy atom. The largest absolute Gasteiger partial charge is 0.323 e. The van der Waals surface area contributed by atoms with Crippen LogP contribution < -0.4 is 5.32 Å². The Bertz CT molecular complexity index is 441. The van der Waals surface area contributed by atoms with Crippen LogP contribution in [-0.2, 0) is 0 Å². The first-order valence-electron chi connectivity index (χ1n) is 7.18. The lowest BCUT2D eigenvalue weighted by Crippen LogP contribution is -2.61. The lowest BCUT2D eigenvalue weighted by molar-refractivity contribution is 0.0285. The molecule has 0 spiro atoms. The summed E-state index contributed by atoms with van der Waals surface area (Å²) >= 11 is 17.1. The fourth-order valence-corrected chi connectivity index (χ4v) is 4.32. The Kier molecular flexibility index (Phi) is 6.38. The maximum atomic E-state index is 12.8. The summed E-state index contributed by atoms with van der Waals surface area (Å²) in [6.45, 7) is 1.44. The van der Waals surface area contributed by atoms with E-state index in [1.807, 2.05) is 0 Å². The average Bonchev–Trinajstić information content (AvgIpc) is 2.86. The zero-order chi connectivity index (χ0) is 16.3. The van der Waals surface area contributed by atoms with Crippen LogP contribution in [0.2, 0.25) is 0 Å². The minimum Gasteiger partial charge on any atom is -0.313 e. The van der Waals surface area contributed by atoms with E-state index in [0.717, 1.165) is 0 Å². The fourth-order valence-electron chi connectivity index (χ4n) is 3.37. The van der Waals surface area contributed by atoms with Crippen LogP contribution in [0.1, 0.15) is 6.42 Å². The van der Waals surface area contributed by atoms with Gasteiger partial charge in [-0.2, -0.15) is 50.5 Å². The van der Waals surface area contributed by atoms with E-state index in [-0.39, 0.29) is 18.2 Å². The summed E-state index contributed by atoms with van der Waals surface area (Å²) < 4.78 is 0. The lowest BCUT2D eigenvalue weighted by atomic mass is 10.0. The smallest absolute Gasteiger partial charge is 0.313 e. The van der Waals surface area contributed by atoms with E-state index in [2.05, 4.69) is 55.8 Å². The van der Waals surface area contributed by atoms with E-state index in [9.17, 15) is 9.59 Å². The second-order valence-corrected chi connectivity index (χ2v) is 6.94. The number of amides is 4. The molecule has 2 unspecified atom stereocenters. The third kappa shape index (κ3) is 2.76. The van der Waals surface area contributed by atoms with Gasteiger partial charge in [-0.25, -0.2) is 9.59 Å². The van der Waals surface area contributed by atoms with E-state index in [1.165, 1.54) is 0 Å². The first-order chi connectivity index (χ1) is 10.6. The van der Waals surface area contributed by atoms with Gasteiger partial charge in [-0.15, -0.1) is 0 Å². The first kappa shape index (κ1) is 18.3. The highest BCUT2D eigenvalue weighted by molar-refractivity contribution is 7.80. The molecule has 2 aliphatic heterocycles. The number of nitrogens with one attached hydrogen (secondary N) is 1. The number of carbonyl (C=O) groups is 2. The van der Waals surface area contributed by atoms with Crippen LogP contribution in [0.3, 0.4) is 0 Å². The molecule has 2 heterocycles. The van der Waals surface area contributed by atoms with Crippen molar-refractivity contribution in [2.75, 3.05) is 42.6 Å². The minimum absolute atomic E-state index is 0.0842. The molecule has 2 aliphatic rings. The number of nitrogens with zero attached hydrogens (tertiary/aromatic N) is 3. The third-order valence-electron chi connectivity index (χ3n) is 4.13. The SMILES string of the molecule is O=C1NC2N(CCS)C(=O)N(CCS)C2(CCS)N1CCS. The van der Waals surface area contributed by atoms with Gasteiger partial charge in [-0.05, 0) is 5.75 Å². The number of hydrogen-bond acceptors (Lipinski definition) is 6. The molecule has 0 radical (unpaired) electrons. The molecule has 2 rings (SSSR count). The van der Waals surface area contributed by atoms with Crippen molar-refractivity contribution in [3.8, 4) is 0 Å². The highest BCUT2D eigenvalue weighted by atomic mass is 32.1. The van der Waals surface area contributed by atoms with Gasteiger partial charge in [0.25, 0.3) is 0 Å². The van der Waals surface area contributed by atoms with E-state index in [1.54, 1.807) is 14.7 Å². The van der Waals surface area contributed by atoms with E-state index in [0.29, 0.717) is 49.1 Å². The molecule has 10 heteroatoms. The average molecular weight is 383 g/mol. The Balaban J connectivity index is 2.47. The molecule has 4 amide bonds. The van der Waals surface area contributed by atoms with Crippen LogP contribution in [-0.4, -0.2) is 81.2 Å². The van der Waals surface area contributed by atoms with Gasteiger partial charge in [-0.3, -0.25) is 14.7 Å². The molecular weight excluding hydrogens is 360 g/mol. The van der Waals surface area contributed by atoms with Crippen molar-refractivity contribution < 1.29 is 9.59 Å². The standard InChI is InChI=1S/C12H22N4O2S4/c17-10-13-9-12(1-5-19,15(10)3-7-21)16(4-8-22)11(18)14(9)2-6-20/h9,19-22H,1-8H2,(H,13,17). The van der Waals surface area contributed by atoms with Crippen LogP contribution in [0.4, 0.5) is 9.59 Å². The van der Waals surface area contributed by atoms with Gasteiger partial charge < -0.3 is 5.32 Å². The molecule has 0 aliphatic carbocycles. The summed E-state index contributed by atoms with van der Waals surface area (Å²) in [6.07, 6.45) is 0.210. The van der Waals surface area contributed by atoms with Gasteiger partial charge in [0.05, 0.1) is 0 Å². The van der Waals surface area contributed by atoms with Crippen molar-refractivity contribution in [1.82, 2.24) is 20.0 Å². The van der Waals surface area contributed by atoms with Crippen molar-refractivity contribution >= 4 is 62.6 Å². The molecule has 6 nitrogen and oxygen atoms in total. The van der Waals surface area contributed by atoms with Crippen molar-refractivity contribution in [2.24, 2.45) is 0 Å². The summed E-state index contributed by atoms with van der Waals surface area (Å²) in [5.74, 6) is 2.17. The Labute approximate surface area is 153 Å². The monoisotopic (exact) mass is 382 g/mol. The van der Waals surface area contributed by atoms with E-state index < -0.39 is 5.66 Å².